The van der Waals surface area contributed by atoms with Gasteiger partial charge < -0.3 is 15.8 Å². The maximum absolute atomic E-state index is 12.2. The summed E-state index contributed by atoms with van der Waals surface area (Å²) in [7, 11) is 0. The monoisotopic (exact) mass is 396 g/mol. The van der Waals surface area contributed by atoms with E-state index in [1.807, 2.05) is 32.9 Å². The van der Waals surface area contributed by atoms with Gasteiger partial charge in [-0.05, 0) is 56.2 Å². The van der Waals surface area contributed by atoms with Gasteiger partial charge in [-0.25, -0.2) is 4.79 Å². The van der Waals surface area contributed by atoms with Crippen molar-refractivity contribution in [2.24, 2.45) is 11.7 Å². The maximum atomic E-state index is 12.2. The first-order valence-electron chi connectivity index (χ1n) is 10.3. The smallest absolute Gasteiger partial charge is 0.407 e. The first kappa shape index (κ1) is 22.9. The second-order valence-corrected chi connectivity index (χ2v) is 8.69. The number of nitrogens with zero attached hydrogens (tertiary/aromatic N) is 1. The molecule has 5 heteroatoms. The molecule has 0 fully saturated rings. The summed E-state index contributed by atoms with van der Waals surface area (Å²) < 4.78 is 5.41. The minimum atomic E-state index is -0.540. The maximum Gasteiger partial charge on any atom is 0.407 e. The van der Waals surface area contributed by atoms with Crippen LogP contribution in [0.3, 0.4) is 0 Å². The van der Waals surface area contributed by atoms with Gasteiger partial charge in [0.25, 0.3) is 0 Å². The van der Waals surface area contributed by atoms with E-state index in [1.165, 1.54) is 0 Å². The second-order valence-electron chi connectivity index (χ2n) is 8.69. The molecular weight excluding hydrogens is 362 g/mol. The molecule has 3 N–H and O–H groups in total. The van der Waals surface area contributed by atoms with Crippen LogP contribution in [-0.4, -0.2) is 16.7 Å². The molecule has 1 radical (unpaired) electrons. The van der Waals surface area contributed by atoms with E-state index in [9.17, 15) is 4.79 Å². The molecule has 5 nitrogen and oxygen atoms in total. The SMILES string of the molecule is CCc1[c]c(-c2ccc(CN)cc2)c(CNC(=O)OC(C)(C)C)c(CC(C)C)n1. The summed E-state index contributed by atoms with van der Waals surface area (Å²) in [4.78, 5) is 17.1. The largest absolute Gasteiger partial charge is 0.444 e. The Morgan fingerprint density at radius 2 is 1.90 bits per heavy atom. The van der Waals surface area contributed by atoms with E-state index in [4.69, 9.17) is 15.5 Å². The molecule has 2 rings (SSSR count). The third kappa shape index (κ3) is 6.86. The highest BCUT2D eigenvalue weighted by atomic mass is 16.6. The van der Waals surface area contributed by atoms with Crippen LogP contribution in [0.15, 0.2) is 24.3 Å². The zero-order valence-electron chi connectivity index (χ0n) is 18.6. The zero-order chi connectivity index (χ0) is 21.6. The van der Waals surface area contributed by atoms with Crippen LogP contribution in [0.4, 0.5) is 4.79 Å². The van der Waals surface area contributed by atoms with Crippen molar-refractivity contribution in [2.75, 3.05) is 0 Å². The number of nitrogens with one attached hydrogen (secondary N) is 1. The van der Waals surface area contributed by atoms with Crippen molar-refractivity contribution >= 4 is 6.09 Å². The molecule has 0 aliphatic heterocycles. The molecule has 29 heavy (non-hydrogen) atoms. The number of hydrogen-bond donors (Lipinski definition) is 2. The lowest BCUT2D eigenvalue weighted by atomic mass is 9.93. The predicted octanol–water partition coefficient (Wildman–Crippen LogP) is 4.79. The Kier molecular flexibility index (Phi) is 7.80. The lowest BCUT2D eigenvalue weighted by Crippen LogP contribution is -2.32. The van der Waals surface area contributed by atoms with Crippen LogP contribution in [0.1, 0.15) is 64.1 Å². The number of hydrogen-bond acceptors (Lipinski definition) is 4. The minimum absolute atomic E-state index is 0.346. The van der Waals surface area contributed by atoms with Gasteiger partial charge >= 0.3 is 6.09 Å². The summed E-state index contributed by atoms with van der Waals surface area (Å²) in [6.45, 7) is 12.8. The summed E-state index contributed by atoms with van der Waals surface area (Å²) in [6.07, 6.45) is 1.21. The molecule has 0 bridgehead atoms. The lowest BCUT2D eigenvalue weighted by molar-refractivity contribution is 0.0523. The Morgan fingerprint density at radius 1 is 1.24 bits per heavy atom. The van der Waals surface area contributed by atoms with Crippen LogP contribution < -0.4 is 11.1 Å². The molecule has 1 aromatic carbocycles. The van der Waals surface area contributed by atoms with Crippen LogP contribution in [0.25, 0.3) is 11.1 Å². The molecule has 0 aliphatic rings. The first-order chi connectivity index (χ1) is 13.6. The van der Waals surface area contributed by atoms with E-state index in [1.54, 1.807) is 0 Å². The summed E-state index contributed by atoms with van der Waals surface area (Å²) in [6, 6.07) is 11.6. The number of nitrogens with two attached hydrogens (primary N) is 1. The van der Waals surface area contributed by atoms with Crippen molar-refractivity contribution in [2.45, 2.75) is 73.1 Å². The van der Waals surface area contributed by atoms with Crippen LogP contribution in [0, 0.1) is 12.0 Å². The van der Waals surface area contributed by atoms with Crippen molar-refractivity contribution in [1.82, 2.24) is 10.3 Å². The van der Waals surface area contributed by atoms with Gasteiger partial charge in [-0.15, -0.1) is 0 Å². The number of carbonyl (C=O) groups excluding carboxylic acids is 1. The zero-order valence-corrected chi connectivity index (χ0v) is 18.6. The summed E-state index contributed by atoms with van der Waals surface area (Å²) in [5, 5.41) is 2.90. The van der Waals surface area contributed by atoms with Gasteiger partial charge in [-0.2, -0.15) is 0 Å². The van der Waals surface area contributed by atoms with Gasteiger partial charge in [0.05, 0.1) is 0 Å². The molecule has 0 saturated carbocycles. The highest BCUT2D eigenvalue weighted by Crippen LogP contribution is 2.28. The Labute approximate surface area is 175 Å². The third-order valence-corrected chi connectivity index (χ3v) is 4.41. The minimum Gasteiger partial charge on any atom is -0.444 e. The van der Waals surface area contributed by atoms with E-state index in [0.29, 0.717) is 19.0 Å². The highest BCUT2D eigenvalue weighted by Gasteiger charge is 2.19. The average Bonchev–Trinajstić information content (AvgIpc) is 2.64. The fourth-order valence-electron chi connectivity index (χ4n) is 3.06. The van der Waals surface area contributed by atoms with Crippen molar-refractivity contribution in [3.8, 4) is 11.1 Å². The number of alkyl carbamates (subject to hydrolysis) is 1. The van der Waals surface area contributed by atoms with Crippen molar-refractivity contribution < 1.29 is 9.53 Å². The molecule has 0 unspecified atom stereocenters. The highest BCUT2D eigenvalue weighted by molar-refractivity contribution is 5.71. The van der Waals surface area contributed by atoms with E-state index in [2.05, 4.69) is 44.3 Å². The topological polar surface area (TPSA) is 77.2 Å². The fourth-order valence-corrected chi connectivity index (χ4v) is 3.06. The number of aromatic nitrogens is 1. The van der Waals surface area contributed by atoms with Gasteiger partial charge in [0, 0.05) is 36.1 Å². The second kappa shape index (κ2) is 9.88. The van der Waals surface area contributed by atoms with E-state index < -0.39 is 11.7 Å². The van der Waals surface area contributed by atoms with Crippen LogP contribution in [-0.2, 0) is 30.7 Å². The van der Waals surface area contributed by atoms with Gasteiger partial charge in [0.15, 0.2) is 0 Å². The summed E-state index contributed by atoms with van der Waals surface area (Å²) >= 11 is 0. The number of aryl methyl sites for hydroxylation is 1. The number of pyridine rings is 1. The molecule has 0 atom stereocenters. The molecular formula is C24H34N3O2. The molecule has 0 spiro atoms. The summed E-state index contributed by atoms with van der Waals surface area (Å²) in [5.41, 5.74) is 11.2. The fraction of sp³-hybridized carbons (Fsp3) is 0.500. The van der Waals surface area contributed by atoms with E-state index >= 15 is 0 Å². The van der Waals surface area contributed by atoms with Gasteiger partial charge in [-0.1, -0.05) is 45.0 Å². The number of rotatable bonds is 7. The number of benzene rings is 1. The van der Waals surface area contributed by atoms with Gasteiger partial charge in [-0.3, -0.25) is 4.98 Å². The van der Waals surface area contributed by atoms with E-state index in [0.717, 1.165) is 46.5 Å². The quantitative estimate of drug-likeness (QED) is 0.705. The normalized spacial score (nSPS) is 11.6. The Hall–Kier alpha value is -2.40. The van der Waals surface area contributed by atoms with Crippen molar-refractivity contribution in [3.05, 3.63) is 52.8 Å². The molecule has 1 aromatic heterocycles. The number of carbonyl (C=O) groups is 1. The number of ether oxygens (including phenoxy) is 1. The Bertz CT molecular complexity index is 821. The standard InChI is InChI=1S/C24H34N3O2/c1-7-19-13-20(18-10-8-17(14-25)9-11-18)21(22(27-19)12-16(2)3)15-26-23(28)29-24(4,5)6/h8-11,16H,7,12,14-15,25H2,1-6H3,(H,26,28). The Balaban J connectivity index is 2.46. The first-order valence-corrected chi connectivity index (χ1v) is 10.3. The van der Waals surface area contributed by atoms with Crippen molar-refractivity contribution in [1.29, 1.82) is 0 Å². The molecule has 1 heterocycles. The predicted molar refractivity (Wildman–Crippen MR) is 117 cm³/mol. The molecule has 0 saturated heterocycles. The summed E-state index contributed by atoms with van der Waals surface area (Å²) in [5.74, 6) is 0.447. The van der Waals surface area contributed by atoms with Crippen LogP contribution in [0.2, 0.25) is 0 Å². The van der Waals surface area contributed by atoms with Gasteiger partial charge in [0.1, 0.15) is 5.60 Å². The molecule has 1 amide bonds. The average molecular weight is 397 g/mol. The van der Waals surface area contributed by atoms with Crippen LogP contribution in [0.5, 0.6) is 0 Å². The molecule has 2 aromatic rings. The van der Waals surface area contributed by atoms with Gasteiger partial charge in [0.2, 0.25) is 0 Å². The molecule has 157 valence electrons. The molecule has 0 aliphatic carbocycles. The van der Waals surface area contributed by atoms with Crippen molar-refractivity contribution in [3.63, 3.8) is 0 Å². The van der Waals surface area contributed by atoms with E-state index in [-0.39, 0.29) is 0 Å². The van der Waals surface area contributed by atoms with Crippen LogP contribution >= 0.6 is 0 Å². The Morgan fingerprint density at radius 3 is 2.41 bits per heavy atom. The lowest BCUT2D eigenvalue weighted by Gasteiger charge is -2.21. The third-order valence-electron chi connectivity index (χ3n) is 4.41. The number of amides is 1.